The summed E-state index contributed by atoms with van der Waals surface area (Å²) in [6.45, 7) is 8.92. The van der Waals surface area contributed by atoms with Gasteiger partial charge in [-0.1, -0.05) is 25.1 Å². The molecular formula is C15H23N3. The number of piperazine rings is 1. The third-order valence-corrected chi connectivity index (χ3v) is 4.23. The highest BCUT2D eigenvalue weighted by atomic mass is 15.2. The van der Waals surface area contributed by atoms with Crippen molar-refractivity contribution in [3.8, 4) is 0 Å². The Labute approximate surface area is 110 Å². The topological polar surface area (TPSA) is 27.3 Å². The van der Waals surface area contributed by atoms with E-state index in [2.05, 4.69) is 40.7 Å². The number of hydrogen-bond donors (Lipinski definition) is 2. The summed E-state index contributed by atoms with van der Waals surface area (Å²) < 4.78 is 0. The highest BCUT2D eigenvalue weighted by molar-refractivity contribution is 5.34. The van der Waals surface area contributed by atoms with E-state index in [9.17, 15) is 0 Å². The summed E-state index contributed by atoms with van der Waals surface area (Å²) in [6, 6.07) is 7.70. The third-order valence-electron chi connectivity index (χ3n) is 4.23. The number of nitrogens with zero attached hydrogens (tertiary/aromatic N) is 1. The molecule has 18 heavy (non-hydrogen) atoms. The van der Waals surface area contributed by atoms with Gasteiger partial charge in [-0.2, -0.15) is 0 Å². The van der Waals surface area contributed by atoms with Gasteiger partial charge in [0.1, 0.15) is 0 Å². The van der Waals surface area contributed by atoms with Gasteiger partial charge in [0, 0.05) is 45.3 Å². The Kier molecular flexibility index (Phi) is 3.64. The van der Waals surface area contributed by atoms with Gasteiger partial charge in [0.15, 0.2) is 0 Å². The van der Waals surface area contributed by atoms with Crippen LogP contribution in [-0.2, 0) is 19.6 Å². The normalized spacial score (nSPS) is 24.2. The molecule has 3 nitrogen and oxygen atoms in total. The minimum atomic E-state index is 0.699. The van der Waals surface area contributed by atoms with Crippen molar-refractivity contribution in [3.05, 3.63) is 34.9 Å². The van der Waals surface area contributed by atoms with Crippen LogP contribution in [0.15, 0.2) is 18.2 Å². The van der Waals surface area contributed by atoms with Crippen molar-refractivity contribution < 1.29 is 0 Å². The van der Waals surface area contributed by atoms with Crippen LogP contribution in [0.3, 0.4) is 0 Å². The van der Waals surface area contributed by atoms with Gasteiger partial charge in [-0.05, 0) is 23.1 Å². The van der Waals surface area contributed by atoms with E-state index in [1.54, 1.807) is 0 Å². The molecule has 0 aromatic heterocycles. The minimum absolute atomic E-state index is 0.699. The third kappa shape index (κ3) is 2.44. The van der Waals surface area contributed by atoms with Crippen LogP contribution < -0.4 is 10.6 Å². The van der Waals surface area contributed by atoms with E-state index in [1.165, 1.54) is 29.7 Å². The summed E-state index contributed by atoms with van der Waals surface area (Å²) in [5, 5.41) is 6.91. The average molecular weight is 245 g/mol. The molecule has 2 heterocycles. The lowest BCUT2D eigenvalue weighted by Crippen LogP contribution is -2.50. The Morgan fingerprint density at radius 2 is 2.11 bits per heavy atom. The van der Waals surface area contributed by atoms with Crippen LogP contribution in [0.4, 0.5) is 0 Å². The Morgan fingerprint density at radius 1 is 1.22 bits per heavy atom. The molecule has 98 valence electrons. The lowest BCUT2D eigenvalue weighted by atomic mass is 10.0. The maximum Gasteiger partial charge on any atom is 0.0237 e. The zero-order valence-corrected chi connectivity index (χ0v) is 11.2. The smallest absolute Gasteiger partial charge is 0.0237 e. The van der Waals surface area contributed by atoms with Gasteiger partial charge in [-0.3, -0.25) is 4.90 Å². The Bertz CT molecular complexity index is 416. The highest BCUT2D eigenvalue weighted by Gasteiger charge is 2.20. The summed E-state index contributed by atoms with van der Waals surface area (Å²) >= 11 is 0. The molecule has 1 atom stereocenters. The van der Waals surface area contributed by atoms with Crippen LogP contribution in [-0.4, -0.2) is 30.6 Å². The number of benzene rings is 1. The summed E-state index contributed by atoms with van der Waals surface area (Å²) in [6.07, 6.45) is 1.24. The van der Waals surface area contributed by atoms with Crippen molar-refractivity contribution in [2.45, 2.75) is 39.0 Å². The van der Waals surface area contributed by atoms with Gasteiger partial charge in [0.2, 0.25) is 0 Å². The molecule has 0 aliphatic carbocycles. The molecule has 0 saturated carbocycles. The van der Waals surface area contributed by atoms with Gasteiger partial charge < -0.3 is 10.6 Å². The molecular weight excluding hydrogens is 222 g/mol. The van der Waals surface area contributed by atoms with Crippen molar-refractivity contribution in [3.63, 3.8) is 0 Å². The molecule has 1 aromatic rings. The zero-order valence-electron chi connectivity index (χ0n) is 11.2. The van der Waals surface area contributed by atoms with Crippen LogP contribution in [0.5, 0.6) is 0 Å². The quantitative estimate of drug-likeness (QED) is 0.844. The summed E-state index contributed by atoms with van der Waals surface area (Å²) in [5.74, 6) is 0. The number of fused-ring (bicyclic) bond motifs is 1. The molecule has 1 aromatic carbocycles. The van der Waals surface area contributed by atoms with E-state index < -0.39 is 0 Å². The van der Waals surface area contributed by atoms with Gasteiger partial charge >= 0.3 is 0 Å². The molecule has 1 saturated heterocycles. The maximum atomic E-state index is 3.49. The van der Waals surface area contributed by atoms with Gasteiger partial charge in [0.25, 0.3) is 0 Å². The van der Waals surface area contributed by atoms with Crippen LogP contribution >= 0.6 is 0 Å². The van der Waals surface area contributed by atoms with Crippen LogP contribution in [0, 0.1) is 0 Å². The fraction of sp³-hybridized carbons (Fsp3) is 0.600. The van der Waals surface area contributed by atoms with Gasteiger partial charge in [0.05, 0.1) is 0 Å². The van der Waals surface area contributed by atoms with E-state index >= 15 is 0 Å². The monoisotopic (exact) mass is 245 g/mol. The van der Waals surface area contributed by atoms with E-state index in [0.29, 0.717) is 6.04 Å². The molecule has 2 aliphatic heterocycles. The fourth-order valence-electron chi connectivity index (χ4n) is 3.09. The van der Waals surface area contributed by atoms with Crippen molar-refractivity contribution in [2.75, 3.05) is 19.6 Å². The second kappa shape index (κ2) is 5.39. The number of nitrogens with one attached hydrogen (secondary N) is 2. The first-order valence-corrected chi connectivity index (χ1v) is 7.13. The first kappa shape index (κ1) is 12.2. The maximum absolute atomic E-state index is 3.49. The van der Waals surface area contributed by atoms with Gasteiger partial charge in [-0.25, -0.2) is 0 Å². The molecule has 1 fully saturated rings. The van der Waals surface area contributed by atoms with E-state index in [-0.39, 0.29) is 0 Å². The first-order valence-electron chi connectivity index (χ1n) is 7.13. The van der Waals surface area contributed by atoms with Crippen LogP contribution in [0.25, 0.3) is 0 Å². The number of rotatable bonds is 3. The molecule has 0 bridgehead atoms. The van der Waals surface area contributed by atoms with Crippen LogP contribution in [0.1, 0.15) is 30.0 Å². The molecule has 3 rings (SSSR count). The standard InChI is InChI=1S/C15H23N3/c1-2-15-10-16-5-6-18(15)11-12-3-4-13-8-17-9-14(13)7-12/h3-4,7,15-17H,2,5-6,8-11H2,1H3. The van der Waals surface area contributed by atoms with Crippen molar-refractivity contribution in [2.24, 2.45) is 0 Å². The Morgan fingerprint density at radius 3 is 3.00 bits per heavy atom. The molecule has 2 N–H and O–H groups in total. The summed E-state index contributed by atoms with van der Waals surface area (Å²) in [4.78, 5) is 2.63. The van der Waals surface area contributed by atoms with Crippen LogP contribution in [0.2, 0.25) is 0 Å². The lowest BCUT2D eigenvalue weighted by molar-refractivity contribution is 0.149. The fourth-order valence-corrected chi connectivity index (χ4v) is 3.09. The SMILES string of the molecule is CCC1CNCCN1Cc1ccc2c(c1)CNC2. The largest absolute Gasteiger partial charge is 0.314 e. The molecule has 1 unspecified atom stereocenters. The molecule has 0 amide bonds. The Balaban J connectivity index is 1.71. The lowest BCUT2D eigenvalue weighted by Gasteiger charge is -2.35. The van der Waals surface area contributed by atoms with Crippen molar-refractivity contribution in [1.29, 1.82) is 0 Å². The second-order valence-corrected chi connectivity index (χ2v) is 5.44. The van der Waals surface area contributed by atoms with Crippen molar-refractivity contribution >= 4 is 0 Å². The molecule has 0 spiro atoms. The second-order valence-electron chi connectivity index (χ2n) is 5.44. The summed E-state index contributed by atoms with van der Waals surface area (Å²) in [7, 11) is 0. The molecule has 2 aliphatic rings. The Hall–Kier alpha value is -0.900. The molecule has 0 radical (unpaired) electrons. The van der Waals surface area contributed by atoms with E-state index in [0.717, 1.165) is 32.7 Å². The minimum Gasteiger partial charge on any atom is -0.314 e. The predicted octanol–water partition coefficient (Wildman–Crippen LogP) is 1.47. The van der Waals surface area contributed by atoms with Gasteiger partial charge in [-0.15, -0.1) is 0 Å². The number of hydrogen-bond acceptors (Lipinski definition) is 3. The first-order chi connectivity index (χ1) is 8.86. The van der Waals surface area contributed by atoms with E-state index in [4.69, 9.17) is 0 Å². The van der Waals surface area contributed by atoms with Crippen molar-refractivity contribution in [1.82, 2.24) is 15.5 Å². The zero-order chi connectivity index (χ0) is 12.4. The average Bonchev–Trinajstić information content (AvgIpc) is 2.87. The highest BCUT2D eigenvalue weighted by Crippen LogP contribution is 2.19. The summed E-state index contributed by atoms with van der Waals surface area (Å²) in [5.41, 5.74) is 4.44. The van der Waals surface area contributed by atoms with E-state index in [1.807, 2.05) is 0 Å². The predicted molar refractivity (Wildman–Crippen MR) is 74.3 cm³/mol. The molecule has 3 heteroatoms.